The van der Waals surface area contributed by atoms with Gasteiger partial charge in [0.15, 0.2) is 0 Å². The van der Waals surface area contributed by atoms with E-state index < -0.39 is 0 Å². The third kappa shape index (κ3) is 1.72. The fraction of sp³-hybridized carbons (Fsp3) is 0. The third-order valence-electron chi connectivity index (χ3n) is 3.07. The van der Waals surface area contributed by atoms with Gasteiger partial charge in [-0.1, -0.05) is 0 Å². The molecular weight excluding hydrogens is 283 g/mol. The summed E-state index contributed by atoms with van der Waals surface area (Å²) in [6.45, 7) is 0. The van der Waals surface area contributed by atoms with Gasteiger partial charge in [0.1, 0.15) is 0 Å². The Labute approximate surface area is 119 Å². The first kappa shape index (κ1) is 11.0. The van der Waals surface area contributed by atoms with Crippen molar-refractivity contribution in [1.29, 1.82) is 0 Å². The molecule has 0 bridgehead atoms. The van der Waals surface area contributed by atoms with Crippen molar-refractivity contribution in [2.24, 2.45) is 0 Å². The fourth-order valence-electron chi connectivity index (χ4n) is 2.30. The molecule has 0 saturated carbocycles. The Kier molecular flexibility index (Phi) is 2.76. The Balaban J connectivity index is 2.68. The monoisotopic (exact) mass is 293 g/mol. The van der Waals surface area contributed by atoms with Gasteiger partial charge in [-0.3, -0.25) is 0 Å². The molecule has 0 heterocycles. The first-order valence-corrected chi connectivity index (χ1v) is 6.90. The van der Waals surface area contributed by atoms with Crippen LogP contribution in [0.4, 0.5) is 5.69 Å². The molecule has 0 aliphatic heterocycles. The van der Waals surface area contributed by atoms with Crippen LogP contribution in [-0.2, 0) is 30.2 Å². The summed E-state index contributed by atoms with van der Waals surface area (Å²) in [6.07, 6.45) is 0. The summed E-state index contributed by atoms with van der Waals surface area (Å²) in [5.74, 6) is 0. The zero-order chi connectivity index (χ0) is 11.8. The standard InChI is InChI=1S/C15H10N.Y/c1-10-4-2-5-11-8-9-12-6-3-7-13(16)15(12)14(10)11;/h2-9H,16H2;. The molecule has 3 aromatic carbocycles. The Morgan fingerprint density at radius 3 is 2.18 bits per heavy atom. The van der Waals surface area contributed by atoms with Crippen LogP contribution >= 0.6 is 0 Å². The number of hydrogen-bond acceptors (Lipinski definition) is 1. The van der Waals surface area contributed by atoms with E-state index in [0.29, 0.717) is 0 Å². The second-order valence-corrected chi connectivity index (χ2v) is 4.77. The van der Waals surface area contributed by atoms with Crippen molar-refractivity contribution in [3.8, 4) is 2.59 Å². The predicted octanol–water partition coefficient (Wildman–Crippen LogP) is 3.43. The molecule has 3 rings (SSSR count). The summed E-state index contributed by atoms with van der Waals surface area (Å²) >= 11 is 0.994. The molecule has 0 spiro atoms. The maximum atomic E-state index is 6.13. The van der Waals surface area contributed by atoms with Gasteiger partial charge < -0.3 is 0 Å². The molecule has 3 aromatic rings. The van der Waals surface area contributed by atoms with E-state index in [1.807, 2.05) is 12.1 Å². The molecule has 2 heteroatoms. The second-order valence-electron chi connectivity index (χ2n) is 4.06. The van der Waals surface area contributed by atoms with Crippen molar-refractivity contribution in [3.05, 3.63) is 54.1 Å². The minimum absolute atomic E-state index is 0.844. The molecule has 78 valence electrons. The minimum atomic E-state index is 0.844. The summed E-state index contributed by atoms with van der Waals surface area (Å²) in [5.41, 5.74) is 8.15. The first-order valence-electron chi connectivity index (χ1n) is 5.48. The molecule has 0 aliphatic rings. The van der Waals surface area contributed by atoms with Gasteiger partial charge in [-0.25, -0.2) is 0 Å². The van der Waals surface area contributed by atoms with E-state index >= 15 is 0 Å². The molecule has 0 aliphatic carbocycles. The molecule has 0 unspecified atom stereocenters. The average molecular weight is 293 g/mol. The topological polar surface area (TPSA) is 26.0 Å². The van der Waals surface area contributed by atoms with Crippen LogP contribution in [0.25, 0.3) is 21.5 Å². The number of benzene rings is 3. The predicted molar refractivity (Wildman–Crippen MR) is 68.9 cm³/mol. The molecule has 2 N–H and O–H groups in total. The Morgan fingerprint density at radius 1 is 0.824 bits per heavy atom. The van der Waals surface area contributed by atoms with Crippen LogP contribution in [-0.4, -0.2) is 0 Å². The van der Waals surface area contributed by atoms with Gasteiger partial charge in [0, 0.05) is 0 Å². The van der Waals surface area contributed by atoms with Crippen LogP contribution in [0.5, 0.6) is 0 Å². The number of rotatable bonds is 0. The van der Waals surface area contributed by atoms with E-state index in [2.05, 4.69) is 39.0 Å². The van der Waals surface area contributed by atoms with E-state index in [-0.39, 0.29) is 0 Å². The van der Waals surface area contributed by atoms with Crippen molar-refractivity contribution in [1.82, 2.24) is 0 Å². The number of nitrogen functional groups attached to an aromatic ring is 1. The fourth-order valence-corrected chi connectivity index (χ4v) is 2.90. The van der Waals surface area contributed by atoms with Crippen molar-refractivity contribution in [2.45, 2.75) is 0 Å². The van der Waals surface area contributed by atoms with Gasteiger partial charge in [-0.2, -0.15) is 0 Å². The van der Waals surface area contributed by atoms with Gasteiger partial charge in [-0.15, -0.1) is 0 Å². The zero-order valence-electron chi connectivity index (χ0n) is 9.27. The Bertz CT molecular complexity index is 769. The number of nitrogens with two attached hydrogens (primary N) is 1. The van der Waals surface area contributed by atoms with Crippen molar-refractivity contribution in [2.75, 3.05) is 5.73 Å². The van der Waals surface area contributed by atoms with Gasteiger partial charge in [0.05, 0.1) is 0 Å². The van der Waals surface area contributed by atoms with Gasteiger partial charge in [-0.05, 0) is 0 Å². The summed E-state index contributed by atoms with van der Waals surface area (Å²) < 4.78 is 3.36. The van der Waals surface area contributed by atoms with Crippen LogP contribution in [0.15, 0.2) is 48.5 Å². The number of hydrogen-bond donors (Lipinski definition) is 1. The van der Waals surface area contributed by atoms with Crippen molar-refractivity contribution in [3.63, 3.8) is 0 Å². The van der Waals surface area contributed by atoms with Crippen molar-refractivity contribution >= 4 is 27.2 Å². The average Bonchev–Trinajstić information content (AvgIpc) is 2.38. The van der Waals surface area contributed by atoms with Gasteiger partial charge >= 0.3 is 120 Å². The molecule has 0 amide bonds. The quantitative estimate of drug-likeness (QED) is 0.499. The van der Waals surface area contributed by atoms with Crippen molar-refractivity contribution < 1.29 is 30.2 Å². The maximum absolute atomic E-state index is 6.13. The van der Waals surface area contributed by atoms with Crippen LogP contribution in [0.2, 0.25) is 0 Å². The number of anilines is 1. The summed E-state index contributed by atoms with van der Waals surface area (Å²) in [4.78, 5) is 0. The SMILES string of the molecule is Nc1cccc2ccc3cccc([C]#[Y])c3c12. The van der Waals surface area contributed by atoms with E-state index in [9.17, 15) is 0 Å². The van der Waals surface area contributed by atoms with Crippen LogP contribution in [0, 0.1) is 2.59 Å². The Hall–Kier alpha value is -1.14. The molecule has 0 fully saturated rings. The molecular formula is C15H10NY. The summed E-state index contributed by atoms with van der Waals surface area (Å²) in [6, 6.07) is 16.7. The Morgan fingerprint density at radius 2 is 1.47 bits per heavy atom. The van der Waals surface area contributed by atoms with Crippen LogP contribution < -0.4 is 5.73 Å². The molecule has 1 nitrogen and oxygen atoms in total. The van der Waals surface area contributed by atoms with E-state index in [1.54, 1.807) is 0 Å². The van der Waals surface area contributed by atoms with Crippen LogP contribution in [0.1, 0.15) is 5.56 Å². The second kappa shape index (κ2) is 4.27. The zero-order valence-corrected chi connectivity index (χ0v) is 12.1. The number of fused-ring (bicyclic) bond motifs is 3. The molecule has 17 heavy (non-hydrogen) atoms. The normalized spacial score (nSPS) is 10.7. The van der Waals surface area contributed by atoms with E-state index in [4.69, 9.17) is 5.73 Å². The third-order valence-corrected chi connectivity index (χ3v) is 3.84. The van der Waals surface area contributed by atoms with E-state index in [0.717, 1.165) is 41.3 Å². The molecule has 0 aromatic heterocycles. The van der Waals surface area contributed by atoms with E-state index in [1.165, 1.54) is 21.7 Å². The van der Waals surface area contributed by atoms with Crippen LogP contribution in [0.3, 0.4) is 0 Å². The molecule has 0 saturated heterocycles. The van der Waals surface area contributed by atoms with Gasteiger partial charge in [0.2, 0.25) is 0 Å². The molecule has 0 atom stereocenters. The summed E-state index contributed by atoms with van der Waals surface area (Å²) in [7, 11) is 0. The molecule has 0 radical (unpaired) electrons. The van der Waals surface area contributed by atoms with Gasteiger partial charge in [0.25, 0.3) is 0 Å². The first-order chi connectivity index (χ1) is 8.31. The summed E-state index contributed by atoms with van der Waals surface area (Å²) in [5, 5.41) is 4.81.